The summed E-state index contributed by atoms with van der Waals surface area (Å²) in [7, 11) is 1.83. The first-order valence-electron chi connectivity index (χ1n) is 6.19. The first kappa shape index (κ1) is 12.4. The van der Waals surface area contributed by atoms with Gasteiger partial charge in [-0.2, -0.15) is 5.10 Å². The molecule has 4 nitrogen and oxygen atoms in total. The van der Waals surface area contributed by atoms with Crippen molar-refractivity contribution in [3.8, 4) is 0 Å². The summed E-state index contributed by atoms with van der Waals surface area (Å²) in [6, 6.07) is 9.96. The molecule has 1 saturated carbocycles. The van der Waals surface area contributed by atoms with Crippen molar-refractivity contribution >= 4 is 27.7 Å². The highest BCUT2D eigenvalue weighted by Gasteiger charge is 2.44. The molecule has 0 radical (unpaired) electrons. The van der Waals surface area contributed by atoms with Gasteiger partial charge in [0.2, 0.25) is 5.91 Å². The number of nitrogens with zero attached hydrogens (tertiary/aromatic N) is 2. The van der Waals surface area contributed by atoms with Crippen molar-refractivity contribution < 1.29 is 4.79 Å². The number of hydrogen-bond donors (Lipinski definition) is 1. The predicted octanol–water partition coefficient (Wildman–Crippen LogP) is 2.92. The van der Waals surface area contributed by atoms with Gasteiger partial charge in [-0.05, 0) is 30.0 Å². The third-order valence-corrected chi connectivity index (χ3v) is 3.86. The minimum Gasteiger partial charge on any atom is -0.309 e. The van der Waals surface area contributed by atoms with E-state index in [0.29, 0.717) is 11.7 Å². The van der Waals surface area contributed by atoms with Gasteiger partial charge >= 0.3 is 0 Å². The number of halogens is 1. The van der Waals surface area contributed by atoms with Gasteiger partial charge in [0, 0.05) is 29.7 Å². The van der Waals surface area contributed by atoms with Crippen LogP contribution in [0.2, 0.25) is 0 Å². The number of nitrogens with one attached hydrogen (secondary N) is 1. The van der Waals surface area contributed by atoms with Crippen molar-refractivity contribution in [1.82, 2.24) is 9.78 Å². The van der Waals surface area contributed by atoms with Crippen molar-refractivity contribution in [3.63, 3.8) is 0 Å². The molecule has 0 saturated heterocycles. The van der Waals surface area contributed by atoms with Crippen LogP contribution in [0.4, 0.5) is 5.82 Å². The average molecular weight is 320 g/mol. The van der Waals surface area contributed by atoms with Crippen molar-refractivity contribution in [3.05, 3.63) is 46.6 Å². The maximum Gasteiger partial charge on any atom is 0.229 e. The molecule has 19 heavy (non-hydrogen) atoms. The Kier molecular flexibility index (Phi) is 3.14. The number of carbonyl (C=O) groups is 1. The summed E-state index contributed by atoms with van der Waals surface area (Å²) in [6.45, 7) is 0. The normalized spacial score (nSPS) is 21.2. The van der Waals surface area contributed by atoms with Crippen molar-refractivity contribution in [1.29, 1.82) is 0 Å². The molecule has 2 aromatic rings. The molecule has 1 fully saturated rings. The number of aryl methyl sites for hydroxylation is 1. The highest BCUT2D eigenvalue weighted by atomic mass is 79.9. The molecule has 1 amide bonds. The smallest absolute Gasteiger partial charge is 0.229 e. The van der Waals surface area contributed by atoms with Crippen LogP contribution in [0.15, 0.2) is 41.0 Å². The Balaban J connectivity index is 1.64. The minimum absolute atomic E-state index is 0.0590. The molecule has 0 spiro atoms. The van der Waals surface area contributed by atoms with E-state index in [2.05, 4.69) is 38.5 Å². The SMILES string of the molecule is Cn1ccc(NC(=O)[C@H]2C[C@@H]2c2cccc(Br)c2)n1. The van der Waals surface area contributed by atoms with Gasteiger partial charge in [-0.3, -0.25) is 9.48 Å². The molecule has 2 atom stereocenters. The van der Waals surface area contributed by atoms with E-state index in [1.54, 1.807) is 10.7 Å². The lowest BCUT2D eigenvalue weighted by Gasteiger charge is -2.02. The molecule has 98 valence electrons. The van der Waals surface area contributed by atoms with Crippen LogP contribution < -0.4 is 5.32 Å². The van der Waals surface area contributed by atoms with Crippen LogP contribution in [0.25, 0.3) is 0 Å². The molecule has 0 aliphatic heterocycles. The van der Waals surface area contributed by atoms with Crippen LogP contribution in [0.3, 0.4) is 0 Å². The van der Waals surface area contributed by atoms with E-state index in [0.717, 1.165) is 10.9 Å². The van der Waals surface area contributed by atoms with Crippen LogP contribution in [-0.2, 0) is 11.8 Å². The maximum absolute atomic E-state index is 12.1. The number of rotatable bonds is 3. The number of amides is 1. The Hall–Kier alpha value is -1.62. The van der Waals surface area contributed by atoms with Crippen molar-refractivity contribution in [2.75, 3.05) is 5.32 Å². The summed E-state index contributed by atoms with van der Waals surface area (Å²) in [5.41, 5.74) is 1.22. The van der Waals surface area contributed by atoms with Crippen LogP contribution in [0, 0.1) is 5.92 Å². The average Bonchev–Trinajstić information content (AvgIpc) is 3.08. The van der Waals surface area contributed by atoms with Gasteiger partial charge in [-0.15, -0.1) is 0 Å². The zero-order chi connectivity index (χ0) is 13.4. The second-order valence-electron chi connectivity index (χ2n) is 4.87. The van der Waals surface area contributed by atoms with Gasteiger partial charge in [-0.25, -0.2) is 0 Å². The van der Waals surface area contributed by atoms with E-state index in [4.69, 9.17) is 0 Å². The lowest BCUT2D eigenvalue weighted by atomic mass is 10.1. The van der Waals surface area contributed by atoms with E-state index >= 15 is 0 Å². The highest BCUT2D eigenvalue weighted by molar-refractivity contribution is 9.10. The maximum atomic E-state index is 12.1. The van der Waals surface area contributed by atoms with Gasteiger partial charge in [0.05, 0.1) is 0 Å². The lowest BCUT2D eigenvalue weighted by Crippen LogP contribution is -2.15. The van der Waals surface area contributed by atoms with Crippen LogP contribution >= 0.6 is 15.9 Å². The topological polar surface area (TPSA) is 46.9 Å². The number of aromatic nitrogens is 2. The monoisotopic (exact) mass is 319 g/mol. The van der Waals surface area contributed by atoms with Crippen LogP contribution in [0.1, 0.15) is 17.9 Å². The molecule has 1 aromatic heterocycles. The van der Waals surface area contributed by atoms with Gasteiger partial charge in [-0.1, -0.05) is 28.1 Å². The Labute approximate surface area is 119 Å². The fourth-order valence-corrected chi connectivity index (χ4v) is 2.71. The summed E-state index contributed by atoms with van der Waals surface area (Å²) in [5.74, 6) is 1.08. The summed E-state index contributed by atoms with van der Waals surface area (Å²) in [4.78, 5) is 12.1. The predicted molar refractivity (Wildman–Crippen MR) is 76.8 cm³/mol. The molecule has 3 rings (SSSR count). The molecule has 0 bridgehead atoms. The second kappa shape index (κ2) is 4.81. The largest absolute Gasteiger partial charge is 0.309 e. The highest BCUT2D eigenvalue weighted by Crippen LogP contribution is 2.48. The molecule has 1 aromatic carbocycles. The zero-order valence-corrected chi connectivity index (χ0v) is 12.1. The van der Waals surface area contributed by atoms with E-state index < -0.39 is 0 Å². The Morgan fingerprint density at radius 2 is 2.32 bits per heavy atom. The Bertz CT molecular complexity index is 623. The number of anilines is 1. The summed E-state index contributed by atoms with van der Waals surface area (Å²) in [5, 5.41) is 7.01. The molecule has 1 N–H and O–H groups in total. The number of hydrogen-bond acceptors (Lipinski definition) is 2. The van der Waals surface area contributed by atoms with Crippen molar-refractivity contribution in [2.24, 2.45) is 13.0 Å². The summed E-state index contributed by atoms with van der Waals surface area (Å²) < 4.78 is 2.73. The lowest BCUT2D eigenvalue weighted by molar-refractivity contribution is -0.117. The van der Waals surface area contributed by atoms with Gasteiger partial charge in [0.25, 0.3) is 0 Å². The summed E-state index contributed by atoms with van der Waals surface area (Å²) in [6.07, 6.45) is 2.73. The molecule has 1 heterocycles. The minimum atomic E-state index is 0.0590. The van der Waals surface area contributed by atoms with E-state index in [-0.39, 0.29) is 11.8 Å². The second-order valence-corrected chi connectivity index (χ2v) is 5.78. The zero-order valence-electron chi connectivity index (χ0n) is 10.5. The van der Waals surface area contributed by atoms with E-state index in [1.807, 2.05) is 25.4 Å². The molecule has 1 aliphatic rings. The fraction of sp³-hybridized carbons (Fsp3) is 0.286. The van der Waals surface area contributed by atoms with E-state index in [9.17, 15) is 4.79 Å². The van der Waals surface area contributed by atoms with Gasteiger partial charge in [0.15, 0.2) is 5.82 Å². The molecule has 1 aliphatic carbocycles. The van der Waals surface area contributed by atoms with Crippen molar-refractivity contribution in [2.45, 2.75) is 12.3 Å². The quantitative estimate of drug-likeness (QED) is 0.945. The first-order valence-corrected chi connectivity index (χ1v) is 6.99. The standard InChI is InChI=1S/C14H14BrN3O/c1-18-6-5-13(17-18)16-14(19)12-8-11(12)9-3-2-4-10(15)7-9/h2-7,11-12H,8H2,1H3,(H,16,17,19)/t11-,12+/m1/s1. The van der Waals surface area contributed by atoms with Gasteiger partial charge < -0.3 is 5.32 Å². The summed E-state index contributed by atoms with van der Waals surface area (Å²) >= 11 is 3.46. The Morgan fingerprint density at radius 3 is 3.00 bits per heavy atom. The van der Waals surface area contributed by atoms with E-state index in [1.165, 1.54) is 5.56 Å². The molecular weight excluding hydrogens is 306 g/mol. The molecule has 5 heteroatoms. The number of carbonyl (C=O) groups excluding carboxylic acids is 1. The third kappa shape index (κ3) is 2.71. The number of benzene rings is 1. The fourth-order valence-electron chi connectivity index (χ4n) is 2.29. The molecular formula is C14H14BrN3O. The van der Waals surface area contributed by atoms with Crippen LogP contribution in [-0.4, -0.2) is 15.7 Å². The van der Waals surface area contributed by atoms with Gasteiger partial charge in [0.1, 0.15) is 0 Å². The van der Waals surface area contributed by atoms with Crippen LogP contribution in [0.5, 0.6) is 0 Å². The third-order valence-electron chi connectivity index (χ3n) is 3.37. The first-order chi connectivity index (χ1) is 9.13. The molecule has 0 unspecified atom stereocenters. The Morgan fingerprint density at radius 1 is 1.47 bits per heavy atom.